The summed E-state index contributed by atoms with van der Waals surface area (Å²) >= 11 is 0. The van der Waals surface area contributed by atoms with E-state index < -0.39 is 5.97 Å². The highest BCUT2D eigenvalue weighted by Gasteiger charge is 2.45. The number of hydrogen-bond donors (Lipinski definition) is 1. The van der Waals surface area contributed by atoms with E-state index in [-0.39, 0.29) is 17.7 Å². The van der Waals surface area contributed by atoms with Crippen LogP contribution < -0.4 is 0 Å². The van der Waals surface area contributed by atoms with Crippen LogP contribution in [-0.4, -0.2) is 60.6 Å². The zero-order valence-electron chi connectivity index (χ0n) is 10.2. The SMILES string of the molecule is O=C(O)C1=NOC2CN(CC3CCOCC3)CC12. The molecule has 6 heteroatoms. The number of aliphatic carboxylic acids is 1. The van der Waals surface area contributed by atoms with Crippen molar-refractivity contribution >= 4 is 11.7 Å². The van der Waals surface area contributed by atoms with E-state index in [1.54, 1.807) is 0 Å². The molecular formula is C12H18N2O4. The summed E-state index contributed by atoms with van der Waals surface area (Å²) in [7, 11) is 0. The molecule has 0 amide bonds. The molecule has 2 fully saturated rings. The number of nitrogens with zero attached hydrogens (tertiary/aromatic N) is 2. The van der Waals surface area contributed by atoms with Crippen molar-refractivity contribution in [2.75, 3.05) is 32.8 Å². The van der Waals surface area contributed by atoms with E-state index in [0.29, 0.717) is 5.92 Å². The number of hydrogen-bond acceptors (Lipinski definition) is 5. The number of carboxylic acids is 1. The fraction of sp³-hybridized carbons (Fsp3) is 0.833. The lowest BCUT2D eigenvalue weighted by Crippen LogP contribution is -2.32. The Balaban J connectivity index is 1.55. The number of oxime groups is 1. The van der Waals surface area contributed by atoms with Crippen molar-refractivity contribution in [3.63, 3.8) is 0 Å². The molecule has 3 aliphatic heterocycles. The first-order valence-electron chi connectivity index (χ1n) is 6.51. The Hall–Kier alpha value is -1.14. The zero-order valence-corrected chi connectivity index (χ0v) is 10.2. The molecule has 2 unspecified atom stereocenters. The third kappa shape index (κ3) is 2.22. The van der Waals surface area contributed by atoms with Crippen molar-refractivity contribution in [1.29, 1.82) is 0 Å². The smallest absolute Gasteiger partial charge is 0.354 e. The van der Waals surface area contributed by atoms with E-state index in [4.69, 9.17) is 14.7 Å². The van der Waals surface area contributed by atoms with Crippen LogP contribution in [0, 0.1) is 11.8 Å². The van der Waals surface area contributed by atoms with Gasteiger partial charge in [-0.2, -0.15) is 0 Å². The molecule has 100 valence electrons. The van der Waals surface area contributed by atoms with E-state index in [9.17, 15) is 4.79 Å². The molecule has 0 aromatic heterocycles. The van der Waals surface area contributed by atoms with Gasteiger partial charge in [0.25, 0.3) is 0 Å². The average Bonchev–Trinajstić information content (AvgIpc) is 2.89. The van der Waals surface area contributed by atoms with Crippen molar-refractivity contribution in [2.45, 2.75) is 18.9 Å². The third-order valence-electron chi connectivity index (χ3n) is 4.06. The van der Waals surface area contributed by atoms with Crippen LogP contribution in [0.25, 0.3) is 0 Å². The van der Waals surface area contributed by atoms with Crippen molar-refractivity contribution in [3.8, 4) is 0 Å². The van der Waals surface area contributed by atoms with Crippen LogP contribution in [0.2, 0.25) is 0 Å². The predicted octanol–water partition coefficient (Wildman–Crippen LogP) is 0.184. The van der Waals surface area contributed by atoms with Crippen LogP contribution in [0.5, 0.6) is 0 Å². The normalized spacial score (nSPS) is 33.0. The molecule has 2 atom stereocenters. The van der Waals surface area contributed by atoms with Gasteiger partial charge in [-0.25, -0.2) is 4.79 Å². The van der Waals surface area contributed by atoms with Crippen LogP contribution in [0.1, 0.15) is 12.8 Å². The van der Waals surface area contributed by atoms with Gasteiger partial charge in [0.2, 0.25) is 0 Å². The summed E-state index contributed by atoms with van der Waals surface area (Å²) in [6.45, 7) is 4.27. The number of likely N-dealkylation sites (tertiary alicyclic amines) is 1. The van der Waals surface area contributed by atoms with E-state index in [1.165, 1.54) is 0 Å². The molecule has 3 rings (SSSR count). The first-order chi connectivity index (χ1) is 8.74. The molecule has 3 heterocycles. The lowest BCUT2D eigenvalue weighted by molar-refractivity contribution is -0.129. The predicted molar refractivity (Wildman–Crippen MR) is 63.4 cm³/mol. The van der Waals surface area contributed by atoms with E-state index >= 15 is 0 Å². The van der Waals surface area contributed by atoms with Gasteiger partial charge >= 0.3 is 5.97 Å². The second-order valence-corrected chi connectivity index (χ2v) is 5.31. The largest absolute Gasteiger partial charge is 0.477 e. The van der Waals surface area contributed by atoms with E-state index in [1.807, 2.05) is 0 Å². The molecule has 18 heavy (non-hydrogen) atoms. The van der Waals surface area contributed by atoms with Gasteiger partial charge in [0, 0.05) is 32.8 Å². The Labute approximate surface area is 106 Å². The molecule has 0 saturated carbocycles. The molecule has 0 aliphatic carbocycles. The van der Waals surface area contributed by atoms with Gasteiger partial charge in [-0.15, -0.1) is 0 Å². The quantitative estimate of drug-likeness (QED) is 0.778. The maximum absolute atomic E-state index is 11.0. The van der Waals surface area contributed by atoms with Crippen LogP contribution in [0.3, 0.4) is 0 Å². The summed E-state index contributed by atoms with van der Waals surface area (Å²) in [5.41, 5.74) is 0.189. The number of carboxylic acid groups (broad SMARTS) is 1. The second-order valence-electron chi connectivity index (χ2n) is 5.31. The van der Waals surface area contributed by atoms with Crippen LogP contribution in [0.15, 0.2) is 5.16 Å². The topological polar surface area (TPSA) is 71.4 Å². The average molecular weight is 254 g/mol. The van der Waals surface area contributed by atoms with Gasteiger partial charge in [0.1, 0.15) is 6.10 Å². The van der Waals surface area contributed by atoms with Gasteiger partial charge in [-0.3, -0.25) is 4.90 Å². The molecule has 0 spiro atoms. The number of ether oxygens (including phenoxy) is 1. The van der Waals surface area contributed by atoms with E-state index in [2.05, 4.69) is 10.1 Å². The third-order valence-corrected chi connectivity index (χ3v) is 4.06. The Morgan fingerprint density at radius 1 is 1.39 bits per heavy atom. The van der Waals surface area contributed by atoms with Gasteiger partial charge in [-0.1, -0.05) is 5.16 Å². The van der Waals surface area contributed by atoms with Crippen molar-refractivity contribution in [2.24, 2.45) is 17.0 Å². The summed E-state index contributed by atoms with van der Waals surface area (Å²) in [6.07, 6.45) is 2.15. The van der Waals surface area contributed by atoms with E-state index in [0.717, 1.165) is 45.7 Å². The summed E-state index contributed by atoms with van der Waals surface area (Å²) in [5.74, 6) is -0.333. The monoisotopic (exact) mass is 254 g/mol. The highest BCUT2D eigenvalue weighted by Crippen LogP contribution is 2.29. The Bertz CT molecular complexity index is 365. The first-order valence-corrected chi connectivity index (χ1v) is 6.51. The zero-order chi connectivity index (χ0) is 12.5. The van der Waals surface area contributed by atoms with Gasteiger partial charge in [-0.05, 0) is 18.8 Å². The minimum atomic E-state index is -0.949. The summed E-state index contributed by atoms with van der Waals surface area (Å²) in [4.78, 5) is 18.5. The highest BCUT2D eigenvalue weighted by molar-refractivity contribution is 6.36. The molecular weight excluding hydrogens is 236 g/mol. The molecule has 0 aromatic rings. The lowest BCUT2D eigenvalue weighted by atomic mass is 9.99. The molecule has 0 aromatic carbocycles. The molecule has 2 saturated heterocycles. The maximum Gasteiger partial charge on any atom is 0.354 e. The lowest BCUT2D eigenvalue weighted by Gasteiger charge is -2.26. The Morgan fingerprint density at radius 3 is 2.89 bits per heavy atom. The molecule has 1 N–H and O–H groups in total. The maximum atomic E-state index is 11.0. The second kappa shape index (κ2) is 4.85. The first kappa shape index (κ1) is 11.9. The van der Waals surface area contributed by atoms with Gasteiger partial charge in [0.15, 0.2) is 5.71 Å². The minimum absolute atomic E-state index is 0.0534. The molecule has 0 bridgehead atoms. The number of fused-ring (bicyclic) bond motifs is 1. The van der Waals surface area contributed by atoms with Crippen molar-refractivity contribution in [3.05, 3.63) is 0 Å². The fourth-order valence-electron chi connectivity index (χ4n) is 3.05. The molecule has 6 nitrogen and oxygen atoms in total. The molecule has 3 aliphatic rings. The number of rotatable bonds is 3. The van der Waals surface area contributed by atoms with Crippen LogP contribution >= 0.6 is 0 Å². The van der Waals surface area contributed by atoms with Crippen LogP contribution in [-0.2, 0) is 14.4 Å². The highest BCUT2D eigenvalue weighted by atomic mass is 16.6. The van der Waals surface area contributed by atoms with Crippen LogP contribution in [0.4, 0.5) is 0 Å². The van der Waals surface area contributed by atoms with Gasteiger partial charge in [0.05, 0.1) is 5.92 Å². The van der Waals surface area contributed by atoms with Crippen molar-refractivity contribution < 1.29 is 19.5 Å². The fourth-order valence-corrected chi connectivity index (χ4v) is 3.05. The van der Waals surface area contributed by atoms with Gasteiger partial charge < -0.3 is 14.7 Å². The summed E-state index contributed by atoms with van der Waals surface area (Å²) in [6, 6.07) is 0. The number of carbonyl (C=O) groups is 1. The Kier molecular flexibility index (Phi) is 3.22. The van der Waals surface area contributed by atoms with Crippen molar-refractivity contribution in [1.82, 2.24) is 4.90 Å². The Morgan fingerprint density at radius 2 is 2.17 bits per heavy atom. The minimum Gasteiger partial charge on any atom is -0.477 e. The summed E-state index contributed by atoms with van der Waals surface area (Å²) < 4.78 is 5.35. The summed E-state index contributed by atoms with van der Waals surface area (Å²) in [5, 5.41) is 12.7. The molecule has 0 radical (unpaired) electrons. The standard InChI is InChI=1S/C12H18N2O4/c15-12(16)11-9-6-14(7-10(9)18-13-11)5-8-1-3-17-4-2-8/h8-10H,1-7H2,(H,15,16).